The number of hydrogen-bond acceptors (Lipinski definition) is 4. The Kier molecular flexibility index (Phi) is 4.70. The fourth-order valence-electron chi connectivity index (χ4n) is 2.29. The van der Waals surface area contributed by atoms with Gasteiger partial charge >= 0.3 is 5.97 Å². The zero-order chi connectivity index (χ0) is 14.5. The quantitative estimate of drug-likeness (QED) is 0.603. The summed E-state index contributed by atoms with van der Waals surface area (Å²) in [6, 6.07) is 5.60. The number of carbonyl (C=O) groups excluding carboxylic acids is 1. The minimum atomic E-state index is -1.44. The van der Waals surface area contributed by atoms with Gasteiger partial charge in [-0.1, -0.05) is 12.1 Å². The summed E-state index contributed by atoms with van der Waals surface area (Å²) in [5.41, 5.74) is 2.80. The molecule has 4 N–H and O–H groups in total. The van der Waals surface area contributed by atoms with Crippen LogP contribution < -0.4 is 10.6 Å². The highest BCUT2D eigenvalue weighted by Gasteiger charge is 2.18. The van der Waals surface area contributed by atoms with Crippen LogP contribution in [0.3, 0.4) is 0 Å². The molecule has 1 heterocycles. The average molecular weight is 278 g/mol. The Labute approximate surface area is 116 Å². The molecule has 0 saturated carbocycles. The first-order valence-electron chi connectivity index (χ1n) is 6.60. The van der Waals surface area contributed by atoms with E-state index >= 15 is 0 Å². The van der Waals surface area contributed by atoms with E-state index in [0.29, 0.717) is 5.56 Å². The molecule has 6 heteroatoms. The van der Waals surface area contributed by atoms with Gasteiger partial charge < -0.3 is 20.8 Å². The summed E-state index contributed by atoms with van der Waals surface area (Å²) in [4.78, 5) is 22.6. The van der Waals surface area contributed by atoms with Crippen LogP contribution >= 0.6 is 0 Å². The number of aliphatic carboxylic acids is 1. The van der Waals surface area contributed by atoms with Crippen molar-refractivity contribution in [3.8, 4) is 0 Å². The molecule has 1 amide bonds. The number of aliphatic hydroxyl groups excluding tert-OH is 1. The van der Waals surface area contributed by atoms with Gasteiger partial charge in [-0.05, 0) is 30.2 Å². The lowest BCUT2D eigenvalue weighted by Gasteiger charge is -2.20. The summed E-state index contributed by atoms with van der Waals surface area (Å²) >= 11 is 0. The van der Waals surface area contributed by atoms with Gasteiger partial charge in [0, 0.05) is 25.1 Å². The van der Waals surface area contributed by atoms with Crippen LogP contribution in [-0.4, -0.2) is 41.3 Å². The van der Waals surface area contributed by atoms with Gasteiger partial charge in [-0.3, -0.25) is 4.79 Å². The lowest BCUT2D eigenvalue weighted by atomic mass is 9.95. The Morgan fingerprint density at radius 3 is 2.95 bits per heavy atom. The average Bonchev–Trinajstić information content (AvgIpc) is 2.46. The number of hydrogen-bond donors (Lipinski definition) is 4. The Bertz CT molecular complexity index is 516. The second-order valence-electron chi connectivity index (χ2n) is 4.77. The lowest BCUT2D eigenvalue weighted by Crippen LogP contribution is -2.32. The summed E-state index contributed by atoms with van der Waals surface area (Å²) in [6.07, 6.45) is -0.641. The van der Waals surface area contributed by atoms with Crippen molar-refractivity contribution in [2.75, 3.05) is 13.1 Å². The highest BCUT2D eigenvalue weighted by atomic mass is 16.4. The maximum atomic E-state index is 12.1. The minimum Gasteiger partial charge on any atom is -0.479 e. The topological polar surface area (TPSA) is 98.7 Å². The first-order valence-corrected chi connectivity index (χ1v) is 6.60. The van der Waals surface area contributed by atoms with Crippen LogP contribution in [0.15, 0.2) is 18.2 Å². The first-order chi connectivity index (χ1) is 9.59. The molecular weight excluding hydrogens is 260 g/mol. The van der Waals surface area contributed by atoms with E-state index in [1.54, 1.807) is 6.07 Å². The molecule has 0 fully saturated rings. The molecule has 0 spiro atoms. The second kappa shape index (κ2) is 6.49. The molecule has 0 aliphatic carbocycles. The summed E-state index contributed by atoms with van der Waals surface area (Å²) in [6.45, 7) is 1.73. The van der Waals surface area contributed by atoms with Gasteiger partial charge in [0.1, 0.15) is 0 Å². The van der Waals surface area contributed by atoms with Crippen molar-refractivity contribution in [1.82, 2.24) is 10.6 Å². The van der Waals surface area contributed by atoms with Gasteiger partial charge in [0.2, 0.25) is 0 Å². The number of nitrogens with one attached hydrogen (secondary N) is 2. The summed E-state index contributed by atoms with van der Waals surface area (Å²) < 4.78 is 0. The predicted molar refractivity (Wildman–Crippen MR) is 72.4 cm³/mol. The van der Waals surface area contributed by atoms with Crippen molar-refractivity contribution in [1.29, 1.82) is 0 Å². The molecule has 0 radical (unpaired) electrons. The molecule has 1 aromatic rings. The van der Waals surface area contributed by atoms with E-state index in [4.69, 9.17) is 10.2 Å². The van der Waals surface area contributed by atoms with Crippen LogP contribution in [0.4, 0.5) is 0 Å². The second-order valence-corrected chi connectivity index (χ2v) is 4.77. The maximum Gasteiger partial charge on any atom is 0.332 e. The lowest BCUT2D eigenvalue weighted by molar-refractivity contribution is -0.146. The summed E-state index contributed by atoms with van der Waals surface area (Å²) in [7, 11) is 0. The van der Waals surface area contributed by atoms with Crippen LogP contribution in [0, 0.1) is 0 Å². The maximum absolute atomic E-state index is 12.1. The largest absolute Gasteiger partial charge is 0.479 e. The third kappa shape index (κ3) is 3.34. The normalized spacial score (nSPS) is 15.2. The molecule has 0 unspecified atom stereocenters. The molecule has 0 aromatic heterocycles. The van der Waals surface area contributed by atoms with Gasteiger partial charge in [-0.15, -0.1) is 0 Å². The van der Waals surface area contributed by atoms with Crippen LogP contribution in [0.2, 0.25) is 0 Å². The number of carboxylic acids is 1. The van der Waals surface area contributed by atoms with Crippen molar-refractivity contribution in [2.24, 2.45) is 0 Å². The standard InChI is InChI=1S/C14H18N2O4/c17-12(14(19)20)5-7-16-13(18)11-3-1-2-9-8-15-6-4-10(9)11/h1-3,12,15,17H,4-8H2,(H,16,18)(H,19,20)/t12-/m0/s1. The van der Waals surface area contributed by atoms with Crippen molar-refractivity contribution in [2.45, 2.75) is 25.5 Å². The van der Waals surface area contributed by atoms with Crippen molar-refractivity contribution in [3.05, 3.63) is 34.9 Å². The fourth-order valence-corrected chi connectivity index (χ4v) is 2.29. The Morgan fingerprint density at radius 1 is 1.40 bits per heavy atom. The molecule has 6 nitrogen and oxygen atoms in total. The highest BCUT2D eigenvalue weighted by molar-refractivity contribution is 5.96. The van der Waals surface area contributed by atoms with Crippen LogP contribution in [0.5, 0.6) is 0 Å². The van der Waals surface area contributed by atoms with Crippen LogP contribution in [0.25, 0.3) is 0 Å². The van der Waals surface area contributed by atoms with Gasteiger partial charge in [0.15, 0.2) is 6.10 Å². The number of fused-ring (bicyclic) bond motifs is 1. The predicted octanol–water partition coefficient (Wildman–Crippen LogP) is -0.102. The van der Waals surface area contributed by atoms with Gasteiger partial charge in [0.05, 0.1) is 0 Å². The number of amides is 1. The van der Waals surface area contributed by atoms with Crippen LogP contribution in [-0.2, 0) is 17.8 Å². The molecule has 0 saturated heterocycles. The SMILES string of the molecule is O=C(NCC[C@H](O)C(=O)O)c1cccc2c1CCNC2. The Morgan fingerprint density at radius 2 is 2.20 bits per heavy atom. The molecule has 1 aliphatic heterocycles. The van der Waals surface area contributed by atoms with Crippen molar-refractivity contribution >= 4 is 11.9 Å². The van der Waals surface area contributed by atoms with E-state index in [1.165, 1.54) is 0 Å². The molecule has 2 rings (SSSR count). The number of carboxylic acid groups (broad SMARTS) is 1. The van der Waals surface area contributed by atoms with Gasteiger partial charge in [-0.2, -0.15) is 0 Å². The third-order valence-electron chi connectivity index (χ3n) is 3.37. The number of carbonyl (C=O) groups is 2. The minimum absolute atomic E-state index is 0.00233. The molecule has 20 heavy (non-hydrogen) atoms. The van der Waals surface area contributed by atoms with E-state index in [1.807, 2.05) is 12.1 Å². The zero-order valence-electron chi connectivity index (χ0n) is 11.1. The van der Waals surface area contributed by atoms with Gasteiger partial charge in [0.25, 0.3) is 5.91 Å². The van der Waals surface area contributed by atoms with Crippen molar-refractivity contribution < 1.29 is 19.8 Å². The number of rotatable bonds is 5. The van der Waals surface area contributed by atoms with E-state index in [0.717, 1.165) is 30.6 Å². The zero-order valence-corrected chi connectivity index (χ0v) is 11.1. The van der Waals surface area contributed by atoms with E-state index in [2.05, 4.69) is 10.6 Å². The Hall–Kier alpha value is -1.92. The molecule has 108 valence electrons. The molecule has 0 bridgehead atoms. The fraction of sp³-hybridized carbons (Fsp3) is 0.429. The first kappa shape index (κ1) is 14.5. The summed E-state index contributed by atoms with van der Waals surface area (Å²) in [5.74, 6) is -1.50. The van der Waals surface area contributed by atoms with E-state index in [-0.39, 0.29) is 18.9 Å². The molecule has 1 atom stereocenters. The Balaban J connectivity index is 1.98. The number of aliphatic hydroxyl groups is 1. The monoisotopic (exact) mass is 278 g/mol. The number of benzene rings is 1. The smallest absolute Gasteiger partial charge is 0.332 e. The molecule has 1 aliphatic rings. The van der Waals surface area contributed by atoms with Gasteiger partial charge in [-0.25, -0.2) is 4.79 Å². The molecular formula is C14H18N2O4. The van der Waals surface area contributed by atoms with E-state index in [9.17, 15) is 9.59 Å². The third-order valence-corrected chi connectivity index (χ3v) is 3.37. The highest BCUT2D eigenvalue weighted by Crippen LogP contribution is 2.18. The van der Waals surface area contributed by atoms with Crippen LogP contribution in [0.1, 0.15) is 27.9 Å². The van der Waals surface area contributed by atoms with Crippen molar-refractivity contribution in [3.63, 3.8) is 0 Å². The summed E-state index contributed by atoms with van der Waals surface area (Å²) in [5, 5.41) is 23.6. The molecule has 1 aromatic carbocycles. The van der Waals surface area contributed by atoms with E-state index < -0.39 is 12.1 Å².